The summed E-state index contributed by atoms with van der Waals surface area (Å²) in [5, 5.41) is 11.4. The molecule has 1 amide bonds. The van der Waals surface area contributed by atoms with Gasteiger partial charge in [0, 0.05) is 11.6 Å². The van der Waals surface area contributed by atoms with Crippen molar-refractivity contribution in [3.8, 4) is 5.69 Å². The molecule has 0 aliphatic heterocycles. The Morgan fingerprint density at radius 3 is 2.63 bits per heavy atom. The molecule has 0 fully saturated rings. The van der Waals surface area contributed by atoms with Crippen molar-refractivity contribution in [1.82, 2.24) is 20.3 Å². The van der Waals surface area contributed by atoms with Gasteiger partial charge in [-0.15, -0.1) is 5.10 Å². The van der Waals surface area contributed by atoms with E-state index in [9.17, 15) is 9.18 Å². The second-order valence-corrected chi connectivity index (χ2v) is 6.86. The van der Waals surface area contributed by atoms with Crippen LogP contribution >= 0.6 is 23.2 Å². The summed E-state index contributed by atoms with van der Waals surface area (Å²) in [7, 11) is 0. The Morgan fingerprint density at radius 1 is 1.19 bits per heavy atom. The second kappa shape index (κ2) is 8.50. The van der Waals surface area contributed by atoms with Gasteiger partial charge >= 0.3 is 0 Å². The maximum absolute atomic E-state index is 13.3. The molecule has 3 aromatic rings. The van der Waals surface area contributed by atoms with Crippen LogP contribution in [0.2, 0.25) is 10.0 Å². The second-order valence-electron chi connectivity index (χ2n) is 6.02. The first-order chi connectivity index (χ1) is 13.0. The Balaban J connectivity index is 1.59. The Hall–Kier alpha value is -2.44. The van der Waals surface area contributed by atoms with E-state index in [1.54, 1.807) is 6.92 Å². The fourth-order valence-electron chi connectivity index (χ4n) is 2.63. The van der Waals surface area contributed by atoms with Gasteiger partial charge in [0.15, 0.2) is 5.69 Å². The SMILES string of the molecule is Cc1c(C(=O)NCCCc2ccc(Cl)cc2)nnn1-c1ccc(F)c(Cl)c1. The van der Waals surface area contributed by atoms with Crippen LogP contribution in [0.1, 0.15) is 28.2 Å². The molecule has 3 rings (SSSR count). The molecule has 1 heterocycles. The van der Waals surface area contributed by atoms with Gasteiger partial charge in [0.25, 0.3) is 5.91 Å². The van der Waals surface area contributed by atoms with Crippen LogP contribution in [0.4, 0.5) is 4.39 Å². The number of carbonyl (C=O) groups excluding carboxylic acids is 1. The van der Waals surface area contributed by atoms with Gasteiger partial charge in [-0.25, -0.2) is 9.07 Å². The van der Waals surface area contributed by atoms with E-state index in [-0.39, 0.29) is 16.6 Å². The topological polar surface area (TPSA) is 59.8 Å². The Labute approximate surface area is 166 Å². The van der Waals surface area contributed by atoms with Crippen molar-refractivity contribution < 1.29 is 9.18 Å². The normalized spacial score (nSPS) is 10.8. The molecule has 140 valence electrons. The molecule has 1 aromatic heterocycles. The molecule has 0 unspecified atom stereocenters. The van der Waals surface area contributed by atoms with Crippen LogP contribution in [0.25, 0.3) is 5.69 Å². The monoisotopic (exact) mass is 406 g/mol. The Bertz CT molecular complexity index is 957. The van der Waals surface area contributed by atoms with Crippen LogP contribution in [0, 0.1) is 12.7 Å². The molecule has 1 N–H and O–H groups in total. The number of amides is 1. The van der Waals surface area contributed by atoms with Crippen molar-refractivity contribution in [2.24, 2.45) is 0 Å². The third-order valence-corrected chi connectivity index (χ3v) is 4.64. The number of hydrogen-bond acceptors (Lipinski definition) is 3. The highest BCUT2D eigenvalue weighted by Crippen LogP contribution is 2.20. The Kier molecular flexibility index (Phi) is 6.08. The van der Waals surface area contributed by atoms with Crippen molar-refractivity contribution in [2.45, 2.75) is 19.8 Å². The molecular formula is C19H17Cl2FN4O. The highest BCUT2D eigenvalue weighted by molar-refractivity contribution is 6.31. The molecule has 8 heteroatoms. The number of carbonyl (C=O) groups is 1. The summed E-state index contributed by atoms with van der Waals surface area (Å²) in [5.74, 6) is -0.820. The maximum Gasteiger partial charge on any atom is 0.273 e. The lowest BCUT2D eigenvalue weighted by Gasteiger charge is -2.06. The van der Waals surface area contributed by atoms with E-state index in [4.69, 9.17) is 23.2 Å². The molecule has 0 atom stereocenters. The van der Waals surface area contributed by atoms with E-state index < -0.39 is 5.82 Å². The zero-order chi connectivity index (χ0) is 19.4. The van der Waals surface area contributed by atoms with Crippen molar-refractivity contribution in [2.75, 3.05) is 6.54 Å². The minimum absolute atomic E-state index is 0.0180. The molecule has 0 radical (unpaired) electrons. The molecule has 2 aromatic carbocycles. The van der Waals surface area contributed by atoms with E-state index in [1.807, 2.05) is 24.3 Å². The van der Waals surface area contributed by atoms with Crippen molar-refractivity contribution in [3.05, 3.63) is 75.3 Å². The quantitative estimate of drug-likeness (QED) is 0.617. The predicted molar refractivity (Wildman–Crippen MR) is 103 cm³/mol. The lowest BCUT2D eigenvalue weighted by Crippen LogP contribution is -2.26. The summed E-state index contributed by atoms with van der Waals surface area (Å²) < 4.78 is 14.8. The van der Waals surface area contributed by atoms with Crippen LogP contribution in [-0.2, 0) is 6.42 Å². The minimum Gasteiger partial charge on any atom is -0.351 e. The first kappa shape index (κ1) is 19.3. The van der Waals surface area contributed by atoms with Gasteiger partial charge in [0.1, 0.15) is 5.82 Å². The molecule has 0 aliphatic rings. The molecular weight excluding hydrogens is 390 g/mol. The minimum atomic E-state index is -0.517. The first-order valence-corrected chi connectivity index (χ1v) is 9.11. The maximum atomic E-state index is 13.3. The predicted octanol–water partition coefficient (Wildman–Crippen LogP) is 4.38. The number of halogens is 3. The lowest BCUT2D eigenvalue weighted by atomic mass is 10.1. The van der Waals surface area contributed by atoms with Gasteiger partial charge in [0.2, 0.25) is 0 Å². The van der Waals surface area contributed by atoms with Crippen molar-refractivity contribution >= 4 is 29.1 Å². The Morgan fingerprint density at radius 2 is 1.93 bits per heavy atom. The zero-order valence-electron chi connectivity index (χ0n) is 14.5. The largest absolute Gasteiger partial charge is 0.351 e. The number of nitrogens with zero attached hydrogens (tertiary/aromatic N) is 3. The van der Waals surface area contributed by atoms with E-state index in [0.29, 0.717) is 22.9 Å². The van der Waals surface area contributed by atoms with Crippen LogP contribution < -0.4 is 5.32 Å². The van der Waals surface area contributed by atoms with E-state index >= 15 is 0 Å². The number of nitrogens with one attached hydrogen (secondary N) is 1. The lowest BCUT2D eigenvalue weighted by molar-refractivity contribution is 0.0947. The fraction of sp³-hybridized carbons (Fsp3) is 0.211. The van der Waals surface area contributed by atoms with Crippen LogP contribution in [0.3, 0.4) is 0 Å². The van der Waals surface area contributed by atoms with Crippen LogP contribution in [0.5, 0.6) is 0 Å². The highest BCUT2D eigenvalue weighted by atomic mass is 35.5. The average Bonchev–Trinajstić information content (AvgIpc) is 3.04. The van der Waals surface area contributed by atoms with E-state index in [0.717, 1.165) is 18.4 Å². The van der Waals surface area contributed by atoms with Gasteiger partial charge < -0.3 is 5.32 Å². The standard InChI is InChI=1S/C19H17Cl2FN4O/c1-12-18(24-25-26(12)15-8-9-17(22)16(21)11-15)19(27)23-10-2-3-13-4-6-14(20)7-5-13/h4-9,11H,2-3,10H2,1H3,(H,23,27). The zero-order valence-corrected chi connectivity index (χ0v) is 16.1. The smallest absolute Gasteiger partial charge is 0.273 e. The molecule has 5 nitrogen and oxygen atoms in total. The summed E-state index contributed by atoms with van der Waals surface area (Å²) in [6, 6.07) is 11.8. The molecule has 27 heavy (non-hydrogen) atoms. The van der Waals surface area contributed by atoms with Gasteiger partial charge in [-0.1, -0.05) is 40.5 Å². The molecule has 0 saturated heterocycles. The summed E-state index contributed by atoms with van der Waals surface area (Å²) >= 11 is 11.7. The van der Waals surface area contributed by atoms with E-state index in [1.165, 1.54) is 22.9 Å². The number of rotatable bonds is 6. The average molecular weight is 407 g/mol. The summed E-state index contributed by atoms with van der Waals surface area (Å²) in [6.45, 7) is 2.23. The molecule has 0 bridgehead atoms. The van der Waals surface area contributed by atoms with E-state index in [2.05, 4.69) is 15.6 Å². The number of aromatic nitrogens is 3. The molecule has 0 aliphatic carbocycles. The summed E-state index contributed by atoms with van der Waals surface area (Å²) in [4.78, 5) is 12.4. The van der Waals surface area contributed by atoms with Crippen molar-refractivity contribution in [3.63, 3.8) is 0 Å². The van der Waals surface area contributed by atoms with Crippen LogP contribution in [-0.4, -0.2) is 27.4 Å². The number of hydrogen-bond donors (Lipinski definition) is 1. The summed E-state index contributed by atoms with van der Waals surface area (Å²) in [6.07, 6.45) is 1.62. The third-order valence-electron chi connectivity index (χ3n) is 4.10. The highest BCUT2D eigenvalue weighted by Gasteiger charge is 2.17. The van der Waals surface area contributed by atoms with Gasteiger partial charge in [-0.05, 0) is 55.7 Å². The van der Waals surface area contributed by atoms with Crippen molar-refractivity contribution in [1.29, 1.82) is 0 Å². The molecule has 0 saturated carbocycles. The van der Waals surface area contributed by atoms with Gasteiger partial charge in [0.05, 0.1) is 16.4 Å². The van der Waals surface area contributed by atoms with Crippen LogP contribution in [0.15, 0.2) is 42.5 Å². The fourth-order valence-corrected chi connectivity index (χ4v) is 2.93. The van der Waals surface area contributed by atoms with Gasteiger partial charge in [-0.2, -0.15) is 0 Å². The number of benzene rings is 2. The summed E-state index contributed by atoms with van der Waals surface area (Å²) in [5.41, 5.74) is 2.46. The van der Waals surface area contributed by atoms with Gasteiger partial charge in [-0.3, -0.25) is 4.79 Å². The number of aryl methyl sites for hydroxylation is 1. The molecule has 0 spiro atoms. The first-order valence-electron chi connectivity index (χ1n) is 8.36. The third kappa shape index (κ3) is 4.64.